The summed E-state index contributed by atoms with van der Waals surface area (Å²) in [5, 5.41) is 2.75. The van der Waals surface area contributed by atoms with E-state index >= 15 is 0 Å². The molecule has 2 atom stereocenters. The second-order valence-corrected chi connectivity index (χ2v) is 11.2. The molecule has 0 bridgehead atoms. The lowest BCUT2D eigenvalue weighted by Crippen LogP contribution is -2.42. The maximum Gasteiger partial charge on any atom is 0.273 e. The molecule has 2 aromatic rings. The molecule has 1 fully saturated rings. The molecule has 2 aromatic carbocycles. The monoisotopic (exact) mass is 575 g/mol. The first-order valence-corrected chi connectivity index (χ1v) is 14.2. The fourth-order valence-electron chi connectivity index (χ4n) is 4.92. The van der Waals surface area contributed by atoms with Crippen molar-refractivity contribution in [2.24, 2.45) is 21.6 Å². The van der Waals surface area contributed by atoms with E-state index < -0.39 is 23.3 Å². The summed E-state index contributed by atoms with van der Waals surface area (Å²) in [6.07, 6.45) is 6.52. The lowest BCUT2D eigenvalue weighted by atomic mass is 9.82. The average molecular weight is 576 g/mol. The number of halogens is 1. The normalized spacial score (nSPS) is 18.3. The van der Waals surface area contributed by atoms with Gasteiger partial charge >= 0.3 is 0 Å². The van der Waals surface area contributed by atoms with Gasteiger partial charge in [-0.3, -0.25) is 14.4 Å². The van der Waals surface area contributed by atoms with Gasteiger partial charge in [-0.25, -0.2) is 14.4 Å². The molecule has 4 rings (SSSR count). The molecule has 42 heavy (non-hydrogen) atoms. The molecule has 222 valence electrons. The van der Waals surface area contributed by atoms with Gasteiger partial charge in [-0.05, 0) is 74.8 Å². The van der Waals surface area contributed by atoms with Crippen LogP contribution in [0.3, 0.4) is 0 Å². The van der Waals surface area contributed by atoms with Crippen LogP contribution in [-0.4, -0.2) is 59.8 Å². The molecule has 1 saturated heterocycles. The van der Waals surface area contributed by atoms with Crippen molar-refractivity contribution in [3.63, 3.8) is 0 Å². The van der Waals surface area contributed by atoms with Crippen molar-refractivity contribution in [1.82, 2.24) is 10.2 Å². The Morgan fingerprint density at radius 2 is 1.81 bits per heavy atom. The van der Waals surface area contributed by atoms with Gasteiger partial charge < -0.3 is 20.7 Å². The molecular formula is C32H38FN5O4. The number of carbonyl (C=O) groups is 3. The molecular weight excluding hydrogens is 537 g/mol. The van der Waals surface area contributed by atoms with E-state index in [-0.39, 0.29) is 42.4 Å². The van der Waals surface area contributed by atoms with E-state index in [0.29, 0.717) is 31.5 Å². The average Bonchev–Trinajstić information content (AvgIpc) is 3.41. The maximum atomic E-state index is 13.8. The number of nitrogens with one attached hydrogen (secondary N) is 1. The summed E-state index contributed by atoms with van der Waals surface area (Å²) in [6.45, 7) is 4.37. The second-order valence-electron chi connectivity index (χ2n) is 11.2. The number of benzene rings is 2. The van der Waals surface area contributed by atoms with Crippen LogP contribution in [-0.2, 0) is 25.7 Å². The topological polar surface area (TPSA) is 126 Å². The van der Waals surface area contributed by atoms with Crippen molar-refractivity contribution in [3.05, 3.63) is 83.4 Å². The minimum Gasteiger partial charge on any atom is -0.370 e. The van der Waals surface area contributed by atoms with Gasteiger partial charge in [0.15, 0.2) is 0 Å². The standard InChI is InChI=1S/C32H38FN5O4/c1-32(2,34)31(41)36-26(21-42-20-22-9-4-3-5-10-22)29(39)37-27-19-24(11-8-16-35-27)28(23-12-14-25(33)15-13-23)30(40)38-17-6-7-18-38/h3-5,9-10,12-16,19,24,28H,6-8,11,17-18,20-21,34H2,1-2H3,(H,37,39). The molecule has 2 aliphatic heterocycles. The highest BCUT2D eigenvalue weighted by Gasteiger charge is 2.34. The van der Waals surface area contributed by atoms with E-state index in [1.54, 1.807) is 24.4 Å². The number of likely N-dealkylation sites (tertiary alicyclic amines) is 1. The van der Waals surface area contributed by atoms with Crippen LogP contribution in [0.5, 0.6) is 0 Å². The molecule has 2 aliphatic rings. The number of carbonyl (C=O) groups excluding carboxylic acids is 3. The third-order valence-electron chi connectivity index (χ3n) is 7.21. The highest BCUT2D eigenvalue weighted by molar-refractivity contribution is 6.41. The summed E-state index contributed by atoms with van der Waals surface area (Å²) < 4.78 is 19.5. The van der Waals surface area contributed by atoms with Gasteiger partial charge in [-0.1, -0.05) is 42.5 Å². The molecule has 3 N–H and O–H groups in total. The van der Waals surface area contributed by atoms with Crippen LogP contribution in [0.1, 0.15) is 56.6 Å². The Labute approximate surface area is 245 Å². The van der Waals surface area contributed by atoms with E-state index in [4.69, 9.17) is 10.5 Å². The number of ether oxygens (including phenoxy) is 1. The lowest BCUT2D eigenvalue weighted by molar-refractivity contribution is -0.132. The van der Waals surface area contributed by atoms with E-state index in [1.807, 2.05) is 35.2 Å². The zero-order valence-corrected chi connectivity index (χ0v) is 24.1. The van der Waals surface area contributed by atoms with Crippen molar-refractivity contribution in [2.45, 2.75) is 57.6 Å². The van der Waals surface area contributed by atoms with E-state index in [0.717, 1.165) is 18.4 Å². The molecule has 10 heteroatoms. The Kier molecular flexibility index (Phi) is 10.5. The van der Waals surface area contributed by atoms with Crippen LogP contribution in [0.4, 0.5) is 4.39 Å². The van der Waals surface area contributed by atoms with Crippen LogP contribution in [0.15, 0.2) is 76.5 Å². The quantitative estimate of drug-likeness (QED) is 0.416. The maximum absolute atomic E-state index is 13.8. The van der Waals surface area contributed by atoms with Crippen molar-refractivity contribution in [1.29, 1.82) is 0 Å². The van der Waals surface area contributed by atoms with E-state index in [1.165, 1.54) is 26.0 Å². The fraction of sp³-hybridized carbons (Fsp3) is 0.406. The first kappa shape index (κ1) is 30.9. The van der Waals surface area contributed by atoms with Crippen molar-refractivity contribution >= 4 is 29.6 Å². The third kappa shape index (κ3) is 8.50. The summed E-state index contributed by atoms with van der Waals surface area (Å²) in [5.41, 5.74) is 6.10. The number of amides is 3. The van der Waals surface area contributed by atoms with E-state index in [9.17, 15) is 18.8 Å². The van der Waals surface area contributed by atoms with Gasteiger partial charge in [-0.15, -0.1) is 0 Å². The number of hydrogen-bond donors (Lipinski definition) is 2. The number of allylic oxidation sites excluding steroid dienone is 1. The predicted octanol–water partition coefficient (Wildman–Crippen LogP) is 3.89. The lowest BCUT2D eigenvalue weighted by Gasteiger charge is -2.28. The molecule has 9 nitrogen and oxygen atoms in total. The minimum atomic E-state index is -1.28. The summed E-state index contributed by atoms with van der Waals surface area (Å²) >= 11 is 0. The summed E-state index contributed by atoms with van der Waals surface area (Å²) in [7, 11) is 0. The molecule has 2 unspecified atom stereocenters. The number of hydrogen-bond acceptors (Lipinski definition) is 6. The number of aliphatic imine (C=N–C) groups is 2. The van der Waals surface area contributed by atoms with Crippen molar-refractivity contribution in [3.8, 4) is 0 Å². The van der Waals surface area contributed by atoms with Crippen LogP contribution < -0.4 is 11.1 Å². The smallest absolute Gasteiger partial charge is 0.273 e. The first-order valence-electron chi connectivity index (χ1n) is 14.2. The highest BCUT2D eigenvalue weighted by Crippen LogP contribution is 2.34. The third-order valence-corrected chi connectivity index (χ3v) is 7.21. The summed E-state index contributed by atoms with van der Waals surface area (Å²) in [5.74, 6) is -2.39. The largest absolute Gasteiger partial charge is 0.370 e. The molecule has 2 heterocycles. The van der Waals surface area contributed by atoms with Gasteiger partial charge in [-0.2, -0.15) is 0 Å². The number of nitrogens with two attached hydrogens (primary N) is 1. The summed E-state index contributed by atoms with van der Waals surface area (Å²) in [4.78, 5) is 50.0. The summed E-state index contributed by atoms with van der Waals surface area (Å²) in [6, 6.07) is 15.4. The first-order chi connectivity index (χ1) is 20.1. The Hall–Kier alpha value is -4.02. The number of nitrogens with zero attached hydrogens (tertiary/aromatic N) is 3. The molecule has 0 spiro atoms. The van der Waals surface area contributed by atoms with Crippen LogP contribution in [0.25, 0.3) is 0 Å². The van der Waals surface area contributed by atoms with Crippen molar-refractivity contribution in [2.75, 3.05) is 19.7 Å². The fourth-order valence-corrected chi connectivity index (χ4v) is 4.92. The minimum absolute atomic E-state index is 0.0275. The SMILES string of the molecule is CC(C)(N)C(=O)N=C(COCc1ccccc1)C(=O)NC1=CC(C(C(=O)N2CCCC2)c2ccc(F)cc2)CCC=N1. The predicted molar refractivity (Wildman–Crippen MR) is 159 cm³/mol. The molecule has 0 radical (unpaired) electrons. The zero-order chi connectivity index (χ0) is 30.1. The molecule has 3 amide bonds. The van der Waals surface area contributed by atoms with Crippen LogP contribution >= 0.6 is 0 Å². The Morgan fingerprint density at radius 3 is 2.48 bits per heavy atom. The van der Waals surface area contributed by atoms with Gasteiger partial charge in [0.25, 0.3) is 11.8 Å². The zero-order valence-electron chi connectivity index (χ0n) is 24.1. The van der Waals surface area contributed by atoms with Crippen molar-refractivity contribution < 1.29 is 23.5 Å². The Bertz CT molecular complexity index is 1340. The molecule has 0 aromatic heterocycles. The van der Waals surface area contributed by atoms with E-state index in [2.05, 4.69) is 15.3 Å². The Morgan fingerprint density at radius 1 is 1.12 bits per heavy atom. The van der Waals surface area contributed by atoms with Gasteiger partial charge in [0.2, 0.25) is 5.91 Å². The molecule has 0 saturated carbocycles. The number of rotatable bonds is 10. The Balaban J connectivity index is 1.57. The van der Waals surface area contributed by atoms with Gasteiger partial charge in [0.1, 0.15) is 17.3 Å². The van der Waals surface area contributed by atoms with Gasteiger partial charge in [0, 0.05) is 19.3 Å². The van der Waals surface area contributed by atoms with Crippen LogP contribution in [0, 0.1) is 11.7 Å². The van der Waals surface area contributed by atoms with Crippen LogP contribution in [0.2, 0.25) is 0 Å². The highest BCUT2D eigenvalue weighted by atomic mass is 19.1. The van der Waals surface area contributed by atoms with Gasteiger partial charge in [0.05, 0.1) is 24.7 Å². The second kappa shape index (κ2) is 14.2. The molecule has 0 aliphatic carbocycles.